The fourth-order valence-electron chi connectivity index (χ4n) is 3.00. The van der Waals surface area contributed by atoms with E-state index in [2.05, 4.69) is 27.4 Å². The summed E-state index contributed by atoms with van der Waals surface area (Å²) in [6, 6.07) is 17.9. The molecule has 0 aliphatic rings. The molecule has 4 rings (SSSR count). The number of rotatable bonds is 4. The van der Waals surface area contributed by atoms with Crippen molar-refractivity contribution in [1.29, 1.82) is 0 Å². The van der Waals surface area contributed by atoms with Gasteiger partial charge in [-0.2, -0.15) is 0 Å². The predicted octanol–water partition coefficient (Wildman–Crippen LogP) is 4.78. The molecule has 1 amide bonds. The fourth-order valence-corrected chi connectivity index (χ4v) is 3.72. The van der Waals surface area contributed by atoms with Gasteiger partial charge in [0.25, 0.3) is 0 Å². The standard InChI is InChI=1S/C20H17N3OS/c1-13-19(15-9-5-6-10-16(15)21-13)17-12-25-20(22-17)23-18(24)11-14-7-3-2-4-8-14/h2-10,12,21H,11H2,1H3,(H,22,23,24). The Kier molecular flexibility index (Phi) is 4.07. The summed E-state index contributed by atoms with van der Waals surface area (Å²) in [5.41, 5.74) is 5.14. The lowest BCUT2D eigenvalue weighted by atomic mass is 10.1. The lowest BCUT2D eigenvalue weighted by molar-refractivity contribution is -0.115. The topological polar surface area (TPSA) is 57.8 Å². The highest BCUT2D eigenvalue weighted by molar-refractivity contribution is 7.14. The zero-order valence-electron chi connectivity index (χ0n) is 13.7. The number of amides is 1. The molecule has 5 heteroatoms. The van der Waals surface area contributed by atoms with Gasteiger partial charge >= 0.3 is 0 Å². The quantitative estimate of drug-likeness (QED) is 0.558. The molecule has 4 aromatic rings. The predicted molar refractivity (Wildman–Crippen MR) is 103 cm³/mol. The number of aromatic nitrogens is 2. The minimum atomic E-state index is -0.0530. The molecule has 124 valence electrons. The number of anilines is 1. The molecule has 4 nitrogen and oxygen atoms in total. The number of hydrogen-bond donors (Lipinski definition) is 2. The molecule has 0 radical (unpaired) electrons. The number of carbonyl (C=O) groups excluding carboxylic acids is 1. The summed E-state index contributed by atoms with van der Waals surface area (Å²) in [7, 11) is 0. The van der Waals surface area contributed by atoms with Gasteiger partial charge in [-0.25, -0.2) is 4.98 Å². The lowest BCUT2D eigenvalue weighted by Crippen LogP contribution is -2.14. The van der Waals surface area contributed by atoms with E-state index in [1.54, 1.807) is 0 Å². The summed E-state index contributed by atoms with van der Waals surface area (Å²) in [5.74, 6) is -0.0530. The summed E-state index contributed by atoms with van der Waals surface area (Å²) >= 11 is 1.45. The van der Waals surface area contributed by atoms with E-state index in [4.69, 9.17) is 0 Å². The third-order valence-corrected chi connectivity index (χ3v) is 4.87. The number of carbonyl (C=O) groups is 1. The Morgan fingerprint density at radius 3 is 2.72 bits per heavy atom. The van der Waals surface area contributed by atoms with Crippen LogP contribution in [0.4, 0.5) is 5.13 Å². The van der Waals surface area contributed by atoms with E-state index in [0.717, 1.165) is 33.4 Å². The molecule has 2 aromatic carbocycles. The Balaban J connectivity index is 1.56. The van der Waals surface area contributed by atoms with Crippen LogP contribution in [-0.2, 0) is 11.2 Å². The number of benzene rings is 2. The first-order valence-corrected chi connectivity index (χ1v) is 8.95. The Labute approximate surface area is 149 Å². The molecule has 0 saturated carbocycles. The molecule has 0 bridgehead atoms. The Morgan fingerprint density at radius 1 is 1.12 bits per heavy atom. The van der Waals surface area contributed by atoms with E-state index in [1.807, 2.05) is 54.8 Å². The Bertz CT molecular complexity index is 1030. The Hall–Kier alpha value is -2.92. The van der Waals surface area contributed by atoms with E-state index >= 15 is 0 Å². The van der Waals surface area contributed by atoms with Crippen LogP contribution in [0.25, 0.3) is 22.2 Å². The van der Waals surface area contributed by atoms with Crippen LogP contribution in [-0.4, -0.2) is 15.9 Å². The van der Waals surface area contributed by atoms with Crippen LogP contribution in [0, 0.1) is 6.92 Å². The van der Waals surface area contributed by atoms with Crippen molar-refractivity contribution in [3.63, 3.8) is 0 Å². The second-order valence-corrected chi connectivity index (χ2v) is 6.78. The third-order valence-electron chi connectivity index (χ3n) is 4.11. The van der Waals surface area contributed by atoms with Crippen molar-refractivity contribution >= 4 is 33.3 Å². The number of aryl methyl sites for hydroxylation is 1. The number of para-hydroxylation sites is 1. The maximum Gasteiger partial charge on any atom is 0.230 e. The smallest absolute Gasteiger partial charge is 0.230 e. The van der Waals surface area contributed by atoms with Gasteiger partial charge in [0.1, 0.15) is 0 Å². The van der Waals surface area contributed by atoms with E-state index in [9.17, 15) is 4.79 Å². The molecule has 2 N–H and O–H groups in total. The van der Waals surface area contributed by atoms with Gasteiger partial charge in [-0.05, 0) is 18.6 Å². The van der Waals surface area contributed by atoms with Crippen molar-refractivity contribution < 1.29 is 4.79 Å². The van der Waals surface area contributed by atoms with Crippen LogP contribution in [0.15, 0.2) is 60.0 Å². The zero-order valence-corrected chi connectivity index (χ0v) is 14.6. The summed E-state index contributed by atoms with van der Waals surface area (Å²) in [6.07, 6.45) is 0.349. The zero-order chi connectivity index (χ0) is 17.2. The number of fused-ring (bicyclic) bond motifs is 1. The van der Waals surface area contributed by atoms with Crippen molar-refractivity contribution in [1.82, 2.24) is 9.97 Å². The molecule has 0 spiro atoms. The summed E-state index contributed by atoms with van der Waals surface area (Å²) < 4.78 is 0. The van der Waals surface area contributed by atoms with Gasteiger partial charge in [-0.3, -0.25) is 4.79 Å². The number of nitrogens with one attached hydrogen (secondary N) is 2. The molecule has 0 saturated heterocycles. The van der Waals surface area contributed by atoms with Crippen molar-refractivity contribution in [2.45, 2.75) is 13.3 Å². The van der Waals surface area contributed by atoms with Crippen LogP contribution >= 0.6 is 11.3 Å². The van der Waals surface area contributed by atoms with E-state index in [0.29, 0.717) is 11.6 Å². The lowest BCUT2D eigenvalue weighted by Gasteiger charge is -2.02. The van der Waals surface area contributed by atoms with Gasteiger partial charge < -0.3 is 10.3 Å². The summed E-state index contributed by atoms with van der Waals surface area (Å²) in [5, 5.41) is 6.66. The molecule has 0 aliphatic heterocycles. The van der Waals surface area contributed by atoms with Crippen LogP contribution < -0.4 is 5.32 Å². The van der Waals surface area contributed by atoms with Crippen molar-refractivity contribution in [2.75, 3.05) is 5.32 Å². The highest BCUT2D eigenvalue weighted by Gasteiger charge is 2.14. The average molecular weight is 347 g/mol. The molecule has 0 fully saturated rings. The molecule has 0 unspecified atom stereocenters. The molecule has 2 heterocycles. The maximum absolute atomic E-state index is 12.2. The van der Waals surface area contributed by atoms with Crippen LogP contribution in [0.1, 0.15) is 11.3 Å². The number of nitrogens with zero attached hydrogens (tertiary/aromatic N) is 1. The Morgan fingerprint density at radius 2 is 1.88 bits per heavy atom. The van der Waals surface area contributed by atoms with E-state index in [1.165, 1.54) is 11.3 Å². The van der Waals surface area contributed by atoms with Gasteiger partial charge in [0.15, 0.2) is 5.13 Å². The van der Waals surface area contributed by atoms with Crippen molar-refractivity contribution in [3.8, 4) is 11.3 Å². The second-order valence-electron chi connectivity index (χ2n) is 5.92. The van der Waals surface area contributed by atoms with Crippen LogP contribution in [0.2, 0.25) is 0 Å². The van der Waals surface area contributed by atoms with Crippen LogP contribution in [0.3, 0.4) is 0 Å². The number of thiazole rings is 1. The maximum atomic E-state index is 12.2. The molecule has 0 atom stereocenters. The number of aromatic amines is 1. The second kappa shape index (κ2) is 6.53. The largest absolute Gasteiger partial charge is 0.358 e. The van der Waals surface area contributed by atoms with Gasteiger partial charge in [-0.15, -0.1) is 11.3 Å². The number of hydrogen-bond acceptors (Lipinski definition) is 3. The van der Waals surface area contributed by atoms with Gasteiger partial charge in [0.2, 0.25) is 5.91 Å². The monoisotopic (exact) mass is 347 g/mol. The van der Waals surface area contributed by atoms with Crippen LogP contribution in [0.5, 0.6) is 0 Å². The third kappa shape index (κ3) is 3.19. The van der Waals surface area contributed by atoms with Gasteiger partial charge in [0.05, 0.1) is 12.1 Å². The number of H-pyrrole nitrogens is 1. The van der Waals surface area contributed by atoms with Crippen molar-refractivity contribution in [2.24, 2.45) is 0 Å². The van der Waals surface area contributed by atoms with E-state index in [-0.39, 0.29) is 5.91 Å². The minimum Gasteiger partial charge on any atom is -0.358 e. The first kappa shape index (κ1) is 15.6. The molecular weight excluding hydrogens is 330 g/mol. The summed E-state index contributed by atoms with van der Waals surface area (Å²) in [4.78, 5) is 20.2. The molecule has 0 aliphatic carbocycles. The first-order chi connectivity index (χ1) is 12.2. The minimum absolute atomic E-state index is 0.0530. The molecule has 25 heavy (non-hydrogen) atoms. The highest BCUT2D eigenvalue weighted by atomic mass is 32.1. The molecular formula is C20H17N3OS. The fraction of sp³-hybridized carbons (Fsp3) is 0.100. The van der Waals surface area contributed by atoms with Crippen molar-refractivity contribution in [3.05, 3.63) is 71.2 Å². The summed E-state index contributed by atoms with van der Waals surface area (Å²) in [6.45, 7) is 2.04. The highest BCUT2D eigenvalue weighted by Crippen LogP contribution is 2.33. The van der Waals surface area contributed by atoms with E-state index < -0.39 is 0 Å². The van der Waals surface area contributed by atoms with Gasteiger partial charge in [-0.1, -0.05) is 48.5 Å². The SMILES string of the molecule is Cc1[nH]c2ccccc2c1-c1csc(NC(=O)Cc2ccccc2)n1. The molecule has 2 aromatic heterocycles. The van der Waals surface area contributed by atoms with Gasteiger partial charge in [0, 0.05) is 27.5 Å². The first-order valence-electron chi connectivity index (χ1n) is 8.07. The normalized spacial score (nSPS) is 10.9. The average Bonchev–Trinajstić information content (AvgIpc) is 3.18.